The van der Waals surface area contributed by atoms with Crippen LogP contribution in [-0.2, 0) is 10.0 Å². The van der Waals surface area contributed by atoms with Crippen LogP contribution in [0.15, 0.2) is 24.3 Å². The molecule has 1 aromatic rings. The summed E-state index contributed by atoms with van der Waals surface area (Å²) in [6.07, 6.45) is 0. The zero-order valence-corrected chi connectivity index (χ0v) is 11.9. The van der Waals surface area contributed by atoms with Gasteiger partial charge < -0.3 is 4.90 Å². The molecule has 0 amide bonds. The molecular weight excluding hydrogens is 286 g/mol. The van der Waals surface area contributed by atoms with E-state index in [2.05, 4.69) is 4.90 Å². The van der Waals surface area contributed by atoms with Crippen LogP contribution in [0.25, 0.3) is 0 Å². The summed E-state index contributed by atoms with van der Waals surface area (Å²) in [7, 11) is -3.44. The summed E-state index contributed by atoms with van der Waals surface area (Å²) in [4.78, 5) is 2.06. The lowest BCUT2D eigenvalue weighted by molar-refractivity contribution is 0.386. The Balaban J connectivity index is 2.05. The van der Waals surface area contributed by atoms with E-state index >= 15 is 0 Å². The van der Waals surface area contributed by atoms with Crippen molar-refractivity contribution in [3.05, 3.63) is 29.3 Å². The number of anilines is 1. The molecule has 102 valence electrons. The minimum Gasteiger partial charge on any atom is -0.368 e. The molecule has 0 aromatic heterocycles. The number of hydrogen-bond donors (Lipinski definition) is 0. The standard InChI is InChI=1S/C12H14ClN3O2S/c13-11-3-1-2-4-12(11)15-6-8-16(9-7-15)19(17,18)10-5-14/h1-4H,6-10H2. The Morgan fingerprint density at radius 3 is 2.42 bits per heavy atom. The molecule has 1 heterocycles. The molecule has 0 bridgehead atoms. The number of nitriles is 1. The summed E-state index contributed by atoms with van der Waals surface area (Å²) in [6, 6.07) is 9.19. The third-order valence-electron chi connectivity index (χ3n) is 3.07. The van der Waals surface area contributed by atoms with Crippen LogP contribution >= 0.6 is 11.6 Å². The second-order valence-electron chi connectivity index (χ2n) is 4.25. The number of benzene rings is 1. The molecule has 1 aliphatic heterocycles. The molecular formula is C12H14ClN3O2S. The van der Waals surface area contributed by atoms with Crippen molar-refractivity contribution >= 4 is 27.3 Å². The predicted octanol–water partition coefficient (Wildman–Crippen LogP) is 1.32. The Morgan fingerprint density at radius 2 is 1.84 bits per heavy atom. The highest BCUT2D eigenvalue weighted by atomic mass is 35.5. The van der Waals surface area contributed by atoms with E-state index in [1.54, 1.807) is 6.07 Å². The van der Waals surface area contributed by atoms with Gasteiger partial charge in [0, 0.05) is 26.2 Å². The number of halogens is 1. The van der Waals surface area contributed by atoms with Crippen molar-refractivity contribution < 1.29 is 8.42 Å². The van der Waals surface area contributed by atoms with Gasteiger partial charge in [-0.05, 0) is 12.1 Å². The van der Waals surface area contributed by atoms with E-state index in [9.17, 15) is 8.42 Å². The van der Waals surface area contributed by atoms with E-state index in [4.69, 9.17) is 16.9 Å². The lowest BCUT2D eigenvalue weighted by atomic mass is 10.2. The van der Waals surface area contributed by atoms with E-state index in [0.29, 0.717) is 31.2 Å². The van der Waals surface area contributed by atoms with Crippen LogP contribution in [-0.4, -0.2) is 44.7 Å². The molecule has 1 saturated heterocycles. The summed E-state index contributed by atoms with van der Waals surface area (Å²) >= 11 is 6.12. The van der Waals surface area contributed by atoms with Crippen LogP contribution in [0, 0.1) is 11.3 Å². The lowest BCUT2D eigenvalue weighted by Crippen LogP contribution is -2.49. The number of sulfonamides is 1. The van der Waals surface area contributed by atoms with Crippen LogP contribution in [0.3, 0.4) is 0 Å². The smallest absolute Gasteiger partial charge is 0.227 e. The van der Waals surface area contributed by atoms with Crippen molar-refractivity contribution in [2.45, 2.75) is 0 Å². The van der Waals surface area contributed by atoms with Gasteiger partial charge in [-0.15, -0.1) is 0 Å². The van der Waals surface area contributed by atoms with Crippen LogP contribution in [0.2, 0.25) is 5.02 Å². The van der Waals surface area contributed by atoms with Crippen LogP contribution < -0.4 is 4.90 Å². The van der Waals surface area contributed by atoms with Gasteiger partial charge in [0.2, 0.25) is 10.0 Å². The van der Waals surface area contributed by atoms with Gasteiger partial charge in [-0.3, -0.25) is 0 Å². The minimum absolute atomic E-state index is 0.384. The molecule has 19 heavy (non-hydrogen) atoms. The highest BCUT2D eigenvalue weighted by molar-refractivity contribution is 7.89. The van der Waals surface area contributed by atoms with Gasteiger partial charge in [0.1, 0.15) is 0 Å². The minimum atomic E-state index is -3.44. The molecule has 0 N–H and O–H groups in total. The maximum Gasteiger partial charge on any atom is 0.227 e. The predicted molar refractivity (Wildman–Crippen MR) is 74.6 cm³/mol. The van der Waals surface area contributed by atoms with Crippen molar-refractivity contribution in [3.8, 4) is 6.07 Å². The zero-order valence-electron chi connectivity index (χ0n) is 10.3. The van der Waals surface area contributed by atoms with Crippen molar-refractivity contribution in [1.82, 2.24) is 4.31 Å². The lowest BCUT2D eigenvalue weighted by Gasteiger charge is -2.35. The van der Waals surface area contributed by atoms with E-state index < -0.39 is 15.8 Å². The fraction of sp³-hybridized carbons (Fsp3) is 0.417. The first-order valence-corrected chi connectivity index (χ1v) is 7.87. The fourth-order valence-electron chi connectivity index (χ4n) is 2.09. The Morgan fingerprint density at radius 1 is 1.21 bits per heavy atom. The van der Waals surface area contributed by atoms with Gasteiger partial charge in [-0.1, -0.05) is 23.7 Å². The van der Waals surface area contributed by atoms with Gasteiger partial charge in [0.15, 0.2) is 5.75 Å². The third kappa shape index (κ3) is 3.18. The van der Waals surface area contributed by atoms with Gasteiger partial charge in [0.05, 0.1) is 16.8 Å². The topological polar surface area (TPSA) is 64.4 Å². The van der Waals surface area contributed by atoms with Gasteiger partial charge in [-0.2, -0.15) is 9.57 Å². The van der Waals surface area contributed by atoms with E-state index in [1.807, 2.05) is 24.3 Å². The highest BCUT2D eigenvalue weighted by Crippen LogP contribution is 2.26. The summed E-state index contributed by atoms with van der Waals surface area (Å²) in [5.41, 5.74) is 0.918. The largest absolute Gasteiger partial charge is 0.368 e. The molecule has 5 nitrogen and oxygen atoms in total. The van der Waals surface area contributed by atoms with E-state index in [-0.39, 0.29) is 0 Å². The zero-order chi connectivity index (χ0) is 13.9. The second-order valence-corrected chi connectivity index (χ2v) is 6.63. The number of para-hydroxylation sites is 1. The molecule has 0 aliphatic carbocycles. The molecule has 0 unspecified atom stereocenters. The van der Waals surface area contributed by atoms with Crippen LogP contribution in [0.4, 0.5) is 5.69 Å². The van der Waals surface area contributed by atoms with Gasteiger partial charge in [0.25, 0.3) is 0 Å². The SMILES string of the molecule is N#CCS(=O)(=O)N1CCN(c2ccccc2Cl)CC1. The first kappa shape index (κ1) is 14.1. The van der Waals surface area contributed by atoms with Gasteiger partial charge >= 0.3 is 0 Å². The van der Waals surface area contributed by atoms with Crippen molar-refractivity contribution in [2.75, 3.05) is 36.8 Å². The molecule has 0 atom stereocenters. The normalized spacial score (nSPS) is 17.2. The maximum atomic E-state index is 11.8. The molecule has 2 rings (SSSR count). The van der Waals surface area contributed by atoms with Crippen molar-refractivity contribution in [1.29, 1.82) is 5.26 Å². The third-order valence-corrected chi connectivity index (χ3v) is 5.04. The molecule has 0 spiro atoms. The maximum absolute atomic E-state index is 11.8. The molecule has 7 heteroatoms. The summed E-state index contributed by atoms with van der Waals surface area (Å²) < 4.78 is 24.9. The van der Waals surface area contributed by atoms with E-state index in [0.717, 1.165) is 5.69 Å². The highest BCUT2D eigenvalue weighted by Gasteiger charge is 2.27. The van der Waals surface area contributed by atoms with E-state index in [1.165, 1.54) is 4.31 Å². The molecule has 0 saturated carbocycles. The van der Waals surface area contributed by atoms with Gasteiger partial charge in [-0.25, -0.2) is 8.42 Å². The Bertz CT molecular complexity index is 589. The Hall–Kier alpha value is -1.29. The quantitative estimate of drug-likeness (QED) is 0.844. The molecule has 1 fully saturated rings. The van der Waals surface area contributed by atoms with Crippen LogP contribution in [0.5, 0.6) is 0 Å². The fourth-order valence-corrected chi connectivity index (χ4v) is 3.41. The van der Waals surface area contributed by atoms with Crippen molar-refractivity contribution in [3.63, 3.8) is 0 Å². The average molecular weight is 300 g/mol. The molecule has 1 aromatic carbocycles. The average Bonchev–Trinajstić information content (AvgIpc) is 2.39. The Kier molecular flexibility index (Phi) is 4.30. The summed E-state index contributed by atoms with van der Waals surface area (Å²) in [5.74, 6) is -0.459. The summed E-state index contributed by atoms with van der Waals surface area (Å²) in [5, 5.41) is 9.18. The molecule has 1 aliphatic rings. The molecule has 0 radical (unpaired) electrons. The first-order chi connectivity index (χ1) is 9.04. The summed E-state index contributed by atoms with van der Waals surface area (Å²) in [6.45, 7) is 1.92. The number of nitrogens with zero attached hydrogens (tertiary/aromatic N) is 3. The number of rotatable bonds is 3. The first-order valence-electron chi connectivity index (χ1n) is 5.89. The van der Waals surface area contributed by atoms with Crippen LogP contribution in [0.1, 0.15) is 0 Å². The Labute approximate surface area is 118 Å². The second kappa shape index (κ2) is 5.78. The monoisotopic (exact) mass is 299 g/mol. The van der Waals surface area contributed by atoms with Crippen molar-refractivity contribution in [2.24, 2.45) is 0 Å². The number of piperazine rings is 1. The number of hydrogen-bond acceptors (Lipinski definition) is 4.